The Morgan fingerprint density at radius 1 is 0.829 bits per heavy atom. The molecule has 0 spiro atoms. The number of carboxylic acids is 1. The van der Waals surface area contributed by atoms with E-state index in [1.165, 1.54) is 19.1 Å². The highest BCUT2D eigenvalue weighted by molar-refractivity contribution is 7.80. The van der Waals surface area contributed by atoms with Crippen LogP contribution in [-0.2, 0) is 32.0 Å². The standard InChI is InChI=1S/C24H30N4O6S/c1-14(26-22(31)18(25)11-15-5-3-2-4-6-15)21(30)28-20(13-35)23(32)27-19(24(33)34)12-16-7-9-17(29)10-8-16/h2-10,14,18-20,29,35H,11-13,25H2,1H3,(H,26,31)(H,27,32)(H,28,30)(H,33,34). The van der Waals surface area contributed by atoms with Crippen molar-refractivity contribution < 1.29 is 29.4 Å². The van der Waals surface area contributed by atoms with E-state index < -0.39 is 47.9 Å². The van der Waals surface area contributed by atoms with Gasteiger partial charge < -0.3 is 31.9 Å². The van der Waals surface area contributed by atoms with E-state index >= 15 is 0 Å². The van der Waals surface area contributed by atoms with Crippen molar-refractivity contribution in [3.05, 3.63) is 65.7 Å². The highest BCUT2D eigenvalue weighted by atomic mass is 32.1. The molecule has 35 heavy (non-hydrogen) atoms. The van der Waals surface area contributed by atoms with Gasteiger partial charge in [-0.15, -0.1) is 0 Å². The molecule has 2 aromatic rings. The SMILES string of the molecule is CC(NC(=O)C(N)Cc1ccccc1)C(=O)NC(CS)C(=O)NC(Cc1ccc(O)cc1)C(=O)O. The Morgan fingerprint density at radius 3 is 1.97 bits per heavy atom. The fraction of sp³-hybridized carbons (Fsp3) is 0.333. The van der Waals surface area contributed by atoms with Crippen LogP contribution in [0.1, 0.15) is 18.1 Å². The molecule has 0 aliphatic heterocycles. The molecule has 0 saturated carbocycles. The topological polar surface area (TPSA) is 171 Å². The van der Waals surface area contributed by atoms with Crippen LogP contribution >= 0.6 is 12.6 Å². The van der Waals surface area contributed by atoms with E-state index in [4.69, 9.17) is 5.73 Å². The molecule has 0 radical (unpaired) electrons. The van der Waals surface area contributed by atoms with E-state index in [1.807, 2.05) is 30.3 Å². The number of benzene rings is 2. The Morgan fingerprint density at radius 2 is 1.40 bits per heavy atom. The van der Waals surface area contributed by atoms with Gasteiger partial charge in [0.1, 0.15) is 23.9 Å². The lowest BCUT2D eigenvalue weighted by Gasteiger charge is -2.23. The molecule has 4 atom stereocenters. The lowest BCUT2D eigenvalue weighted by Crippen LogP contribution is -2.57. The second kappa shape index (κ2) is 13.4. The number of aromatic hydroxyl groups is 1. The maximum Gasteiger partial charge on any atom is 0.326 e. The van der Waals surface area contributed by atoms with Gasteiger partial charge in [-0.25, -0.2) is 4.79 Å². The van der Waals surface area contributed by atoms with Gasteiger partial charge in [0.25, 0.3) is 0 Å². The number of nitrogens with one attached hydrogen (secondary N) is 3. The lowest BCUT2D eigenvalue weighted by molar-refractivity contribution is -0.142. The molecule has 2 rings (SSSR count). The Kier molecular flexibility index (Phi) is 10.6. The smallest absolute Gasteiger partial charge is 0.326 e. The van der Waals surface area contributed by atoms with Crippen molar-refractivity contribution in [1.29, 1.82) is 0 Å². The van der Waals surface area contributed by atoms with E-state index in [1.54, 1.807) is 12.1 Å². The lowest BCUT2D eigenvalue weighted by atomic mass is 10.1. The zero-order valence-corrected chi connectivity index (χ0v) is 20.1. The molecule has 2 aromatic carbocycles. The third kappa shape index (κ3) is 8.95. The van der Waals surface area contributed by atoms with Crippen LogP contribution in [0.3, 0.4) is 0 Å². The summed E-state index contributed by atoms with van der Waals surface area (Å²) in [6.45, 7) is 1.45. The number of hydrogen-bond donors (Lipinski definition) is 7. The Labute approximate surface area is 208 Å². The third-order valence-corrected chi connectivity index (χ3v) is 5.56. The summed E-state index contributed by atoms with van der Waals surface area (Å²) in [7, 11) is 0. The third-order valence-electron chi connectivity index (χ3n) is 5.19. The van der Waals surface area contributed by atoms with Crippen LogP contribution in [0.4, 0.5) is 0 Å². The molecule has 188 valence electrons. The zero-order valence-electron chi connectivity index (χ0n) is 19.2. The summed E-state index contributed by atoms with van der Waals surface area (Å²) in [5.41, 5.74) is 7.40. The first-order valence-electron chi connectivity index (χ1n) is 10.9. The van der Waals surface area contributed by atoms with Gasteiger partial charge in [-0.2, -0.15) is 12.6 Å². The van der Waals surface area contributed by atoms with Gasteiger partial charge in [0.05, 0.1) is 6.04 Å². The minimum Gasteiger partial charge on any atom is -0.508 e. The summed E-state index contributed by atoms with van der Waals surface area (Å²) >= 11 is 4.08. The fourth-order valence-corrected chi connectivity index (χ4v) is 3.43. The van der Waals surface area contributed by atoms with Gasteiger partial charge in [-0.3, -0.25) is 14.4 Å². The molecule has 0 fully saturated rings. The van der Waals surface area contributed by atoms with Crippen LogP contribution in [0.15, 0.2) is 54.6 Å². The van der Waals surface area contributed by atoms with Gasteiger partial charge in [-0.05, 0) is 36.6 Å². The summed E-state index contributed by atoms with van der Waals surface area (Å²) in [4.78, 5) is 49.2. The molecule has 0 aliphatic carbocycles. The number of nitrogens with two attached hydrogens (primary N) is 1. The predicted octanol–water partition coefficient (Wildman–Crippen LogP) is -0.00660. The summed E-state index contributed by atoms with van der Waals surface area (Å²) < 4.78 is 0. The van der Waals surface area contributed by atoms with Gasteiger partial charge >= 0.3 is 5.97 Å². The van der Waals surface area contributed by atoms with Crippen molar-refractivity contribution in [3.63, 3.8) is 0 Å². The number of carboxylic acid groups (broad SMARTS) is 1. The molecule has 0 aromatic heterocycles. The number of carbonyl (C=O) groups excluding carboxylic acids is 3. The van der Waals surface area contributed by atoms with Gasteiger partial charge in [0.2, 0.25) is 17.7 Å². The molecule has 0 bridgehead atoms. The predicted molar refractivity (Wildman–Crippen MR) is 133 cm³/mol. The molecule has 7 N–H and O–H groups in total. The number of hydrogen-bond acceptors (Lipinski definition) is 7. The number of rotatable bonds is 12. The monoisotopic (exact) mass is 502 g/mol. The van der Waals surface area contributed by atoms with Crippen LogP contribution < -0.4 is 21.7 Å². The largest absolute Gasteiger partial charge is 0.508 e. The molecule has 0 aliphatic rings. The van der Waals surface area contributed by atoms with Crippen LogP contribution in [0.2, 0.25) is 0 Å². The first kappa shape index (κ1) is 27.7. The number of amides is 3. The van der Waals surface area contributed by atoms with E-state index in [-0.39, 0.29) is 17.9 Å². The Hall–Kier alpha value is -3.57. The van der Waals surface area contributed by atoms with Crippen molar-refractivity contribution >= 4 is 36.3 Å². The molecule has 10 nitrogen and oxygen atoms in total. The summed E-state index contributed by atoms with van der Waals surface area (Å²) in [6, 6.07) is 10.8. The fourth-order valence-electron chi connectivity index (χ4n) is 3.18. The molecular weight excluding hydrogens is 472 g/mol. The normalized spacial score (nSPS) is 14.1. The maximum atomic E-state index is 12.6. The maximum absolute atomic E-state index is 12.6. The Balaban J connectivity index is 1.91. The average molecular weight is 503 g/mol. The Bertz CT molecular complexity index is 1020. The first-order valence-corrected chi connectivity index (χ1v) is 11.6. The summed E-state index contributed by atoms with van der Waals surface area (Å²) in [5.74, 6) is -3.24. The second-order valence-electron chi connectivity index (χ2n) is 8.04. The number of carbonyl (C=O) groups is 4. The van der Waals surface area contributed by atoms with Crippen LogP contribution in [0.25, 0.3) is 0 Å². The van der Waals surface area contributed by atoms with Gasteiger partial charge in [0.15, 0.2) is 0 Å². The molecule has 0 saturated heterocycles. The second-order valence-corrected chi connectivity index (χ2v) is 8.41. The quantitative estimate of drug-likeness (QED) is 0.200. The average Bonchev–Trinajstić information content (AvgIpc) is 2.83. The van der Waals surface area contributed by atoms with E-state index in [0.717, 1.165) is 5.56 Å². The van der Waals surface area contributed by atoms with Crippen molar-refractivity contribution in [2.24, 2.45) is 5.73 Å². The molecule has 3 amide bonds. The first-order chi connectivity index (χ1) is 16.6. The number of phenols is 1. The van der Waals surface area contributed by atoms with Crippen molar-refractivity contribution in [1.82, 2.24) is 16.0 Å². The van der Waals surface area contributed by atoms with Crippen LogP contribution in [0, 0.1) is 0 Å². The highest BCUT2D eigenvalue weighted by Crippen LogP contribution is 2.11. The van der Waals surface area contributed by atoms with E-state index in [0.29, 0.717) is 12.0 Å². The van der Waals surface area contributed by atoms with Crippen molar-refractivity contribution in [3.8, 4) is 5.75 Å². The van der Waals surface area contributed by atoms with Crippen LogP contribution in [-0.4, -0.2) is 63.8 Å². The summed E-state index contributed by atoms with van der Waals surface area (Å²) in [5, 5.41) is 26.2. The van der Waals surface area contributed by atoms with Gasteiger partial charge in [0, 0.05) is 12.2 Å². The highest BCUT2D eigenvalue weighted by Gasteiger charge is 2.28. The zero-order chi connectivity index (χ0) is 26.0. The van der Waals surface area contributed by atoms with Crippen LogP contribution in [0.5, 0.6) is 5.75 Å². The minimum atomic E-state index is -1.26. The molecule has 0 heterocycles. The number of thiol groups is 1. The van der Waals surface area contributed by atoms with Crippen molar-refractivity contribution in [2.45, 2.75) is 43.9 Å². The molecule has 4 unspecified atom stereocenters. The molecule has 11 heteroatoms. The minimum absolute atomic E-state index is 0.0274. The van der Waals surface area contributed by atoms with E-state index in [9.17, 15) is 29.4 Å². The van der Waals surface area contributed by atoms with E-state index in [2.05, 4.69) is 28.6 Å². The number of aliphatic carboxylic acids is 1. The summed E-state index contributed by atoms with van der Waals surface area (Å²) in [6.07, 6.45) is 0.265. The van der Waals surface area contributed by atoms with Crippen molar-refractivity contribution in [2.75, 3.05) is 5.75 Å². The molecular formula is C24H30N4O6S. The number of phenolic OH excluding ortho intramolecular Hbond substituents is 1. The van der Waals surface area contributed by atoms with Gasteiger partial charge in [-0.1, -0.05) is 42.5 Å².